The maximum absolute atomic E-state index is 13.3. The summed E-state index contributed by atoms with van der Waals surface area (Å²) in [4.78, 5) is 31.2. The molecule has 1 fully saturated rings. The molecular weight excluding hydrogens is 596 g/mol. The fourth-order valence-corrected chi connectivity index (χ4v) is 5.69. The van der Waals surface area contributed by atoms with E-state index in [2.05, 4.69) is 50.8 Å². The van der Waals surface area contributed by atoms with Gasteiger partial charge in [-0.3, -0.25) is 9.59 Å². The Kier molecular flexibility index (Phi) is 9.54. The van der Waals surface area contributed by atoms with E-state index in [-0.39, 0.29) is 17.9 Å². The molecule has 5 rings (SSSR count). The van der Waals surface area contributed by atoms with E-state index in [0.717, 1.165) is 76.2 Å². The average Bonchev–Trinajstić information content (AvgIpc) is 3.44. The lowest BCUT2D eigenvalue weighted by Crippen LogP contribution is -2.30. The molecule has 0 saturated carbocycles. The van der Waals surface area contributed by atoms with Gasteiger partial charge in [-0.15, -0.1) is 0 Å². The zero-order valence-corrected chi connectivity index (χ0v) is 25.9. The molecule has 1 aliphatic rings. The Morgan fingerprint density at radius 3 is 2.43 bits per heavy atom. The van der Waals surface area contributed by atoms with Crippen LogP contribution in [0, 0.1) is 6.92 Å². The van der Waals surface area contributed by atoms with E-state index >= 15 is 0 Å². The Morgan fingerprint density at radius 2 is 1.74 bits per heavy atom. The van der Waals surface area contributed by atoms with Crippen molar-refractivity contribution in [1.29, 1.82) is 0 Å². The van der Waals surface area contributed by atoms with Crippen LogP contribution in [0.3, 0.4) is 0 Å². The van der Waals surface area contributed by atoms with Crippen LogP contribution >= 0.6 is 15.9 Å². The molecule has 0 aliphatic carbocycles. The van der Waals surface area contributed by atoms with Crippen LogP contribution < -0.4 is 16.0 Å². The maximum atomic E-state index is 13.3. The number of fused-ring (bicyclic) bond motifs is 1. The van der Waals surface area contributed by atoms with Crippen LogP contribution in [0.15, 0.2) is 53.1 Å². The van der Waals surface area contributed by atoms with Crippen molar-refractivity contribution in [3.63, 3.8) is 0 Å². The molecule has 220 valence electrons. The number of aryl methyl sites for hydroxylation is 3. The van der Waals surface area contributed by atoms with Crippen molar-refractivity contribution < 1.29 is 14.3 Å². The number of nitrogens with zero attached hydrogens (tertiary/aromatic N) is 3. The molecule has 0 radical (unpaired) electrons. The van der Waals surface area contributed by atoms with Gasteiger partial charge in [-0.2, -0.15) is 5.10 Å². The summed E-state index contributed by atoms with van der Waals surface area (Å²) in [5.74, 6) is -0.487. The second-order valence-electron chi connectivity index (χ2n) is 10.5. The molecular formula is C32H37BrN6O3. The quantitative estimate of drug-likeness (QED) is 0.212. The minimum absolute atomic E-state index is 0.233. The molecule has 0 bridgehead atoms. The van der Waals surface area contributed by atoms with Gasteiger partial charge in [0.2, 0.25) is 0 Å². The van der Waals surface area contributed by atoms with Crippen molar-refractivity contribution in [2.75, 3.05) is 18.5 Å². The van der Waals surface area contributed by atoms with Crippen LogP contribution in [0.25, 0.3) is 11.0 Å². The summed E-state index contributed by atoms with van der Waals surface area (Å²) in [6.07, 6.45) is 4.39. The smallest absolute Gasteiger partial charge is 0.251 e. The van der Waals surface area contributed by atoms with Gasteiger partial charge in [-0.25, -0.2) is 9.67 Å². The number of hydrogen-bond acceptors (Lipinski definition) is 6. The molecule has 42 heavy (non-hydrogen) atoms. The second kappa shape index (κ2) is 13.5. The molecule has 4 aromatic rings. The van der Waals surface area contributed by atoms with Crippen molar-refractivity contribution >= 4 is 44.5 Å². The number of ether oxygens (including phenoxy) is 1. The third kappa shape index (κ3) is 6.65. The van der Waals surface area contributed by atoms with Gasteiger partial charge in [0.05, 0.1) is 17.3 Å². The molecule has 0 unspecified atom stereocenters. The minimum Gasteiger partial charge on any atom is -0.381 e. The molecule has 9 nitrogen and oxygen atoms in total. The summed E-state index contributed by atoms with van der Waals surface area (Å²) in [6, 6.07) is 13.0. The fourth-order valence-electron chi connectivity index (χ4n) is 5.28. The number of pyridine rings is 1. The third-order valence-electron chi connectivity index (χ3n) is 7.74. The Morgan fingerprint density at radius 1 is 1.02 bits per heavy atom. The number of benzene rings is 2. The van der Waals surface area contributed by atoms with E-state index in [1.807, 2.05) is 36.0 Å². The van der Waals surface area contributed by atoms with Crippen LogP contribution in [-0.2, 0) is 30.8 Å². The summed E-state index contributed by atoms with van der Waals surface area (Å²) in [5.41, 5.74) is 6.67. The minimum atomic E-state index is -0.254. The summed E-state index contributed by atoms with van der Waals surface area (Å²) < 4.78 is 8.43. The number of carbonyl (C=O) groups excluding carboxylic acids is 2. The first-order valence-electron chi connectivity index (χ1n) is 14.5. The van der Waals surface area contributed by atoms with Gasteiger partial charge in [-0.1, -0.05) is 35.0 Å². The largest absolute Gasteiger partial charge is 0.381 e. The summed E-state index contributed by atoms with van der Waals surface area (Å²) in [5, 5.41) is 15.3. The van der Waals surface area contributed by atoms with E-state index in [4.69, 9.17) is 9.72 Å². The Hall–Kier alpha value is -3.76. The first kappa shape index (κ1) is 29.7. The summed E-state index contributed by atoms with van der Waals surface area (Å²) in [7, 11) is 0. The highest BCUT2D eigenvalue weighted by molar-refractivity contribution is 9.10. The van der Waals surface area contributed by atoms with E-state index in [9.17, 15) is 9.59 Å². The number of hydrogen-bond donors (Lipinski definition) is 3. The molecule has 0 spiro atoms. The molecule has 3 heterocycles. The molecule has 3 N–H and O–H groups in total. The molecule has 1 saturated heterocycles. The highest BCUT2D eigenvalue weighted by Gasteiger charge is 2.22. The highest BCUT2D eigenvalue weighted by Crippen LogP contribution is 2.31. The van der Waals surface area contributed by atoms with Gasteiger partial charge >= 0.3 is 0 Å². The third-order valence-corrected chi connectivity index (χ3v) is 8.23. The van der Waals surface area contributed by atoms with Crippen LogP contribution in [-0.4, -0.2) is 45.8 Å². The van der Waals surface area contributed by atoms with Crippen LogP contribution in [0.5, 0.6) is 0 Å². The SMILES string of the molecule is CCc1nc2c(cnn2CC)c(NC2CCOCC2)c1CNC(=O)c1cccc(C(=O)NCc2cc(Br)ccc2C)c1. The van der Waals surface area contributed by atoms with Gasteiger partial charge in [0.25, 0.3) is 11.8 Å². The molecule has 10 heteroatoms. The average molecular weight is 634 g/mol. The molecule has 0 atom stereocenters. The van der Waals surface area contributed by atoms with Crippen LogP contribution in [0.2, 0.25) is 0 Å². The number of amides is 2. The van der Waals surface area contributed by atoms with Gasteiger partial charge in [-0.05, 0) is 74.6 Å². The van der Waals surface area contributed by atoms with Gasteiger partial charge < -0.3 is 20.7 Å². The lowest BCUT2D eigenvalue weighted by atomic mass is 10.0. The topological polar surface area (TPSA) is 110 Å². The molecule has 2 aromatic heterocycles. The van der Waals surface area contributed by atoms with Crippen molar-refractivity contribution in [3.05, 3.63) is 86.6 Å². The fraction of sp³-hybridized carbons (Fsp3) is 0.375. The zero-order chi connectivity index (χ0) is 29.6. The second-order valence-corrected chi connectivity index (χ2v) is 11.4. The first-order valence-corrected chi connectivity index (χ1v) is 15.3. The van der Waals surface area contributed by atoms with E-state index < -0.39 is 0 Å². The standard InChI is InChI=1S/C32H37BrN6O3/c1-4-28-26(29(37-25-11-13-42-14-12-25)27-19-36-39(5-2)30(27)38-28)18-35-32(41)22-8-6-7-21(15-22)31(40)34-17-23-16-24(33)10-9-20(23)3/h6-10,15-16,19,25H,4-5,11-14,17-18H2,1-3H3,(H,34,40)(H,35,41)(H,37,38). The molecule has 1 aliphatic heterocycles. The van der Waals surface area contributed by atoms with Crippen molar-refractivity contribution in [2.24, 2.45) is 0 Å². The van der Waals surface area contributed by atoms with E-state index in [0.29, 0.717) is 30.6 Å². The van der Waals surface area contributed by atoms with Crippen LogP contribution in [0.4, 0.5) is 5.69 Å². The first-order chi connectivity index (χ1) is 20.4. The van der Waals surface area contributed by atoms with Gasteiger partial charge in [0.1, 0.15) is 0 Å². The maximum Gasteiger partial charge on any atom is 0.251 e. The monoisotopic (exact) mass is 632 g/mol. The number of carbonyl (C=O) groups is 2. The normalized spacial score (nSPS) is 13.7. The van der Waals surface area contributed by atoms with Crippen molar-refractivity contribution in [2.45, 2.75) is 65.7 Å². The Labute approximate surface area is 254 Å². The summed E-state index contributed by atoms with van der Waals surface area (Å²) in [6.45, 7) is 8.99. The van der Waals surface area contributed by atoms with Crippen LogP contribution in [0.1, 0.15) is 69.8 Å². The number of rotatable bonds is 10. The van der Waals surface area contributed by atoms with Crippen molar-refractivity contribution in [3.8, 4) is 0 Å². The van der Waals surface area contributed by atoms with Gasteiger partial charge in [0, 0.05) is 65.7 Å². The molecule has 2 amide bonds. The van der Waals surface area contributed by atoms with E-state index in [1.54, 1.807) is 24.3 Å². The Balaban J connectivity index is 1.34. The lowest BCUT2D eigenvalue weighted by Gasteiger charge is -2.26. The lowest BCUT2D eigenvalue weighted by molar-refractivity contribution is 0.0904. The van der Waals surface area contributed by atoms with E-state index in [1.165, 1.54) is 0 Å². The predicted octanol–water partition coefficient (Wildman–Crippen LogP) is 5.54. The molecule has 2 aromatic carbocycles. The summed E-state index contributed by atoms with van der Waals surface area (Å²) >= 11 is 3.49. The zero-order valence-electron chi connectivity index (χ0n) is 24.3. The number of aromatic nitrogens is 3. The number of anilines is 1. The number of nitrogens with one attached hydrogen (secondary N) is 3. The van der Waals surface area contributed by atoms with Crippen molar-refractivity contribution in [1.82, 2.24) is 25.4 Å². The highest BCUT2D eigenvalue weighted by atomic mass is 79.9. The Bertz CT molecular complexity index is 1590. The predicted molar refractivity (Wildman–Crippen MR) is 168 cm³/mol. The number of halogens is 1. The van der Waals surface area contributed by atoms with Gasteiger partial charge in [0.15, 0.2) is 5.65 Å².